The Morgan fingerprint density at radius 3 is 2.37 bits per heavy atom. The Bertz CT molecular complexity index is 1530. The number of fused-ring (bicyclic) bond motifs is 1. The summed E-state index contributed by atoms with van der Waals surface area (Å²) in [6, 6.07) is 13.8. The average molecular weight is 525 g/mol. The van der Waals surface area contributed by atoms with Crippen LogP contribution in [0.25, 0.3) is 21.7 Å². The van der Waals surface area contributed by atoms with Crippen molar-refractivity contribution in [3.8, 4) is 11.4 Å². The first kappa shape index (κ1) is 25.3. The van der Waals surface area contributed by atoms with E-state index < -0.39 is 0 Å². The Hall–Kier alpha value is -2.75. The molecule has 9 heteroatoms. The second kappa shape index (κ2) is 10.5. The van der Waals surface area contributed by atoms with Crippen molar-refractivity contribution in [2.45, 2.75) is 39.8 Å². The SMILES string of the molecule is CCN(CC)C(=O)CSc1nc2c(sc(=S)n2-c2ccc(C)cc2C)c(=O)n1-c1ccccc1C. The third-order valence-corrected chi connectivity index (χ3v) is 8.24. The maximum atomic E-state index is 13.9. The number of carbonyl (C=O) groups is 1. The van der Waals surface area contributed by atoms with Crippen molar-refractivity contribution in [3.63, 3.8) is 0 Å². The number of aryl methyl sites for hydroxylation is 3. The van der Waals surface area contributed by atoms with E-state index in [1.165, 1.54) is 23.1 Å². The highest BCUT2D eigenvalue weighted by Gasteiger charge is 2.21. The summed E-state index contributed by atoms with van der Waals surface area (Å²) in [6.07, 6.45) is 0. The zero-order valence-electron chi connectivity index (χ0n) is 20.5. The minimum atomic E-state index is -0.179. The van der Waals surface area contributed by atoms with Gasteiger partial charge in [0, 0.05) is 13.1 Å². The van der Waals surface area contributed by atoms with Crippen LogP contribution in [0.15, 0.2) is 52.4 Å². The Balaban J connectivity index is 1.96. The number of rotatable bonds is 7. The minimum absolute atomic E-state index is 0.0159. The first-order valence-corrected chi connectivity index (χ1v) is 13.7. The lowest BCUT2D eigenvalue weighted by molar-refractivity contribution is -0.127. The van der Waals surface area contributed by atoms with Crippen molar-refractivity contribution in [2.24, 2.45) is 0 Å². The van der Waals surface area contributed by atoms with Crippen LogP contribution in [0, 0.1) is 24.7 Å². The van der Waals surface area contributed by atoms with Crippen LogP contribution in [-0.2, 0) is 4.79 Å². The number of para-hydroxylation sites is 1. The van der Waals surface area contributed by atoms with Gasteiger partial charge in [-0.25, -0.2) is 4.98 Å². The van der Waals surface area contributed by atoms with Gasteiger partial charge in [-0.3, -0.25) is 18.7 Å². The summed E-state index contributed by atoms with van der Waals surface area (Å²) >= 11 is 8.27. The zero-order chi connectivity index (χ0) is 25.3. The molecule has 0 bridgehead atoms. The van der Waals surface area contributed by atoms with E-state index in [1.807, 2.05) is 75.6 Å². The van der Waals surface area contributed by atoms with E-state index >= 15 is 0 Å². The molecular weight excluding hydrogens is 497 g/mol. The lowest BCUT2D eigenvalue weighted by Gasteiger charge is -2.19. The van der Waals surface area contributed by atoms with Crippen molar-refractivity contribution in [1.82, 2.24) is 19.0 Å². The van der Waals surface area contributed by atoms with E-state index in [-0.39, 0.29) is 17.2 Å². The van der Waals surface area contributed by atoms with Gasteiger partial charge in [0.1, 0.15) is 4.70 Å². The number of hydrogen-bond acceptors (Lipinski definition) is 6. The molecule has 0 radical (unpaired) electrons. The fourth-order valence-corrected chi connectivity index (χ4v) is 6.31. The van der Waals surface area contributed by atoms with Gasteiger partial charge >= 0.3 is 0 Å². The van der Waals surface area contributed by atoms with Gasteiger partial charge < -0.3 is 4.90 Å². The highest BCUT2D eigenvalue weighted by atomic mass is 32.2. The molecule has 0 fully saturated rings. The van der Waals surface area contributed by atoms with Gasteiger partial charge in [-0.05, 0) is 70.1 Å². The molecule has 1 amide bonds. The summed E-state index contributed by atoms with van der Waals surface area (Å²) in [5.41, 5.74) is 5.16. The molecule has 0 spiro atoms. The fourth-order valence-electron chi connectivity index (χ4n) is 4.12. The van der Waals surface area contributed by atoms with Crippen molar-refractivity contribution < 1.29 is 4.79 Å². The number of hydrogen-bond donors (Lipinski definition) is 0. The molecule has 0 aliphatic carbocycles. The van der Waals surface area contributed by atoms with Crippen LogP contribution >= 0.6 is 35.3 Å². The second-order valence-corrected chi connectivity index (χ2v) is 10.9. The van der Waals surface area contributed by atoms with Crippen LogP contribution in [0.4, 0.5) is 0 Å². The molecule has 2 heterocycles. The van der Waals surface area contributed by atoms with E-state index in [2.05, 4.69) is 6.07 Å². The third kappa shape index (κ3) is 4.85. The topological polar surface area (TPSA) is 60.1 Å². The van der Waals surface area contributed by atoms with Gasteiger partial charge in [-0.2, -0.15) is 0 Å². The molecule has 35 heavy (non-hydrogen) atoms. The molecule has 4 aromatic rings. The summed E-state index contributed by atoms with van der Waals surface area (Å²) in [7, 11) is 0. The maximum absolute atomic E-state index is 13.9. The quantitative estimate of drug-likeness (QED) is 0.172. The lowest BCUT2D eigenvalue weighted by atomic mass is 10.1. The van der Waals surface area contributed by atoms with Gasteiger partial charge in [0.2, 0.25) is 5.91 Å². The van der Waals surface area contributed by atoms with E-state index in [1.54, 1.807) is 9.47 Å². The van der Waals surface area contributed by atoms with Crippen molar-refractivity contribution in [1.29, 1.82) is 0 Å². The first-order valence-electron chi connectivity index (χ1n) is 11.5. The minimum Gasteiger partial charge on any atom is -0.343 e. The molecule has 0 unspecified atom stereocenters. The summed E-state index contributed by atoms with van der Waals surface area (Å²) < 4.78 is 4.56. The number of aromatic nitrogens is 3. The van der Waals surface area contributed by atoms with Crippen LogP contribution in [0.3, 0.4) is 0 Å². The highest BCUT2D eigenvalue weighted by Crippen LogP contribution is 2.29. The summed E-state index contributed by atoms with van der Waals surface area (Å²) in [5.74, 6) is 0.210. The molecule has 0 saturated carbocycles. The average Bonchev–Trinajstić information content (AvgIpc) is 3.15. The van der Waals surface area contributed by atoms with Crippen LogP contribution < -0.4 is 5.56 Å². The summed E-state index contributed by atoms with van der Waals surface area (Å²) in [5, 5.41) is 0.476. The largest absolute Gasteiger partial charge is 0.343 e. The van der Waals surface area contributed by atoms with E-state index in [0.29, 0.717) is 32.5 Å². The molecule has 4 rings (SSSR count). The standard InChI is InChI=1S/C26H28N4O2S3/c1-6-28(7-2)21(31)15-34-25-27-23-22(24(32)30(25)19-11-9-8-10-17(19)4)35-26(33)29(23)20-13-12-16(3)14-18(20)5/h8-14H,6-7,15H2,1-5H3. The number of amides is 1. The smallest absolute Gasteiger partial charge is 0.278 e. The number of thioether (sulfide) groups is 1. The molecule has 2 aromatic heterocycles. The molecule has 0 aliphatic rings. The molecule has 182 valence electrons. The predicted octanol–water partition coefficient (Wildman–Crippen LogP) is 5.85. The van der Waals surface area contributed by atoms with Crippen molar-refractivity contribution >= 4 is 51.6 Å². The van der Waals surface area contributed by atoms with Crippen LogP contribution in [0.2, 0.25) is 0 Å². The second-order valence-electron chi connectivity index (χ2n) is 8.32. The van der Waals surface area contributed by atoms with Crippen LogP contribution in [-0.4, -0.2) is 43.8 Å². The van der Waals surface area contributed by atoms with Crippen molar-refractivity contribution in [2.75, 3.05) is 18.8 Å². The highest BCUT2D eigenvalue weighted by molar-refractivity contribution is 7.99. The first-order chi connectivity index (χ1) is 16.8. The van der Waals surface area contributed by atoms with Crippen LogP contribution in [0.1, 0.15) is 30.5 Å². The Kier molecular flexibility index (Phi) is 7.59. The molecule has 0 N–H and O–H groups in total. The summed E-state index contributed by atoms with van der Waals surface area (Å²) in [4.78, 5) is 33.4. The lowest BCUT2D eigenvalue weighted by Crippen LogP contribution is -2.32. The molecule has 0 aliphatic heterocycles. The predicted molar refractivity (Wildman–Crippen MR) is 148 cm³/mol. The van der Waals surface area contributed by atoms with Gasteiger partial charge in [0.15, 0.2) is 14.8 Å². The molecule has 2 aromatic carbocycles. The van der Waals surface area contributed by atoms with E-state index in [9.17, 15) is 9.59 Å². The number of thiazole rings is 1. The van der Waals surface area contributed by atoms with Gasteiger partial charge in [-0.1, -0.05) is 59.0 Å². The monoisotopic (exact) mass is 524 g/mol. The Morgan fingerprint density at radius 1 is 1.03 bits per heavy atom. The van der Waals surface area contributed by atoms with Crippen LogP contribution in [0.5, 0.6) is 0 Å². The number of benzene rings is 2. The van der Waals surface area contributed by atoms with Crippen molar-refractivity contribution in [3.05, 3.63) is 73.5 Å². The summed E-state index contributed by atoms with van der Waals surface area (Å²) in [6.45, 7) is 11.2. The van der Waals surface area contributed by atoms with Gasteiger partial charge in [0.25, 0.3) is 5.56 Å². The normalized spacial score (nSPS) is 11.2. The van der Waals surface area contributed by atoms with Gasteiger partial charge in [-0.15, -0.1) is 0 Å². The zero-order valence-corrected chi connectivity index (χ0v) is 22.9. The molecule has 6 nitrogen and oxygen atoms in total. The maximum Gasteiger partial charge on any atom is 0.278 e. The molecular formula is C26H28N4O2S3. The third-order valence-electron chi connectivity index (χ3n) is 5.97. The number of nitrogens with zero attached hydrogens (tertiary/aromatic N) is 4. The molecule has 0 saturated heterocycles. The fraction of sp³-hybridized carbons (Fsp3) is 0.308. The Labute approximate surface area is 218 Å². The molecule has 0 atom stereocenters. The van der Waals surface area contributed by atoms with E-state index in [4.69, 9.17) is 17.2 Å². The number of carbonyl (C=O) groups excluding carboxylic acids is 1. The Morgan fingerprint density at radius 2 is 1.71 bits per heavy atom. The van der Waals surface area contributed by atoms with Gasteiger partial charge in [0.05, 0.1) is 17.1 Å². The van der Waals surface area contributed by atoms with E-state index in [0.717, 1.165) is 28.1 Å².